The van der Waals surface area contributed by atoms with E-state index in [0.717, 1.165) is 27.6 Å². The highest BCUT2D eigenvalue weighted by atomic mass is 32.2. The van der Waals surface area contributed by atoms with E-state index in [9.17, 15) is 19.2 Å². The van der Waals surface area contributed by atoms with Crippen molar-refractivity contribution < 1.29 is 23.9 Å². The summed E-state index contributed by atoms with van der Waals surface area (Å²) in [7, 11) is 0. The third-order valence-electron chi connectivity index (χ3n) is 6.68. The maximum absolute atomic E-state index is 13.5. The number of thiocarbonyl (C=S) groups is 1. The predicted octanol–water partition coefficient (Wildman–Crippen LogP) is 8.01. The quantitative estimate of drug-likeness (QED) is 0.0512. The molecule has 238 valence electrons. The Balaban J connectivity index is 1.46. The summed E-state index contributed by atoms with van der Waals surface area (Å²) in [6.07, 6.45) is 0.505. The van der Waals surface area contributed by atoms with Gasteiger partial charge in [-0.25, -0.2) is 4.79 Å². The zero-order chi connectivity index (χ0) is 33.2. The topological polar surface area (TPSA) is 126 Å². The average molecular weight is 675 g/mol. The van der Waals surface area contributed by atoms with Crippen LogP contribution in [0.4, 0.5) is 22.1 Å². The van der Waals surface area contributed by atoms with Gasteiger partial charge in [0.05, 0.1) is 22.3 Å². The number of para-hydroxylation sites is 1. The molecular formula is C34H34N4O5S3. The van der Waals surface area contributed by atoms with Crippen molar-refractivity contribution in [1.29, 1.82) is 0 Å². The molecule has 4 N–H and O–H groups in total. The van der Waals surface area contributed by atoms with Gasteiger partial charge >= 0.3 is 5.97 Å². The van der Waals surface area contributed by atoms with Gasteiger partial charge in [0, 0.05) is 27.5 Å². The molecule has 1 aromatic heterocycles. The van der Waals surface area contributed by atoms with Crippen molar-refractivity contribution in [3.63, 3.8) is 0 Å². The van der Waals surface area contributed by atoms with Crippen molar-refractivity contribution in [2.45, 2.75) is 44.3 Å². The minimum absolute atomic E-state index is 0.0124. The van der Waals surface area contributed by atoms with Gasteiger partial charge in [0.15, 0.2) is 10.9 Å². The summed E-state index contributed by atoms with van der Waals surface area (Å²) in [4.78, 5) is 52.3. The normalized spacial score (nSPS) is 11.2. The van der Waals surface area contributed by atoms with Crippen LogP contribution >= 0.6 is 35.3 Å². The van der Waals surface area contributed by atoms with Crippen LogP contribution in [0.3, 0.4) is 0 Å². The number of carbonyl (C=O) groups is 4. The van der Waals surface area contributed by atoms with Crippen LogP contribution in [0.15, 0.2) is 83.8 Å². The zero-order valence-electron chi connectivity index (χ0n) is 25.8. The van der Waals surface area contributed by atoms with E-state index in [1.54, 1.807) is 50.2 Å². The Morgan fingerprint density at radius 1 is 0.848 bits per heavy atom. The third kappa shape index (κ3) is 9.03. The van der Waals surface area contributed by atoms with Crippen LogP contribution in [-0.2, 0) is 9.53 Å². The Bertz CT molecular complexity index is 1740. The van der Waals surface area contributed by atoms with Crippen LogP contribution < -0.4 is 21.3 Å². The third-order valence-corrected chi connectivity index (χ3v) is 9.45. The number of ether oxygens (including phenoxy) is 1. The molecule has 2 amide bonds. The Morgan fingerprint density at radius 2 is 1.50 bits per heavy atom. The van der Waals surface area contributed by atoms with Gasteiger partial charge < -0.3 is 26.0 Å². The summed E-state index contributed by atoms with van der Waals surface area (Å²) in [6.45, 7) is 6.93. The van der Waals surface area contributed by atoms with Crippen molar-refractivity contribution in [1.82, 2.24) is 0 Å². The molecule has 4 aromatic rings. The minimum atomic E-state index is -0.607. The number of thioether (sulfide) groups is 1. The lowest BCUT2D eigenvalue weighted by atomic mass is 10.1. The Hall–Kier alpha value is -4.52. The van der Waals surface area contributed by atoms with Crippen molar-refractivity contribution in [2.75, 3.05) is 27.9 Å². The monoisotopic (exact) mass is 674 g/mol. The molecule has 12 heteroatoms. The molecule has 0 aliphatic rings. The second kappa shape index (κ2) is 16.2. The maximum Gasteiger partial charge on any atom is 0.341 e. The van der Waals surface area contributed by atoms with Crippen LogP contribution in [0.25, 0.3) is 0 Å². The van der Waals surface area contributed by atoms with Crippen LogP contribution in [0.5, 0.6) is 0 Å². The molecular weight excluding hydrogens is 641 g/mol. The zero-order valence-corrected chi connectivity index (χ0v) is 28.2. The number of nitrogens with one attached hydrogen (secondary N) is 4. The molecule has 0 saturated carbocycles. The molecule has 3 aromatic carbocycles. The van der Waals surface area contributed by atoms with E-state index in [1.165, 1.54) is 18.7 Å². The maximum atomic E-state index is 13.5. The summed E-state index contributed by atoms with van der Waals surface area (Å²) in [5.74, 6) is -1.31. The molecule has 1 atom stereocenters. The lowest BCUT2D eigenvalue weighted by Crippen LogP contribution is -2.25. The van der Waals surface area contributed by atoms with Gasteiger partial charge in [-0.2, -0.15) is 0 Å². The second-order valence-corrected chi connectivity index (χ2v) is 12.8. The lowest BCUT2D eigenvalue weighted by molar-refractivity contribution is -0.115. The highest BCUT2D eigenvalue weighted by molar-refractivity contribution is 8.00. The highest BCUT2D eigenvalue weighted by Gasteiger charge is 2.28. The first kappa shape index (κ1) is 34.4. The fourth-order valence-corrected chi connectivity index (χ4v) is 6.73. The molecule has 46 heavy (non-hydrogen) atoms. The van der Waals surface area contributed by atoms with E-state index >= 15 is 0 Å². The number of carbonyl (C=O) groups excluding carboxylic acids is 4. The van der Waals surface area contributed by atoms with Gasteiger partial charge in [-0.15, -0.1) is 23.1 Å². The van der Waals surface area contributed by atoms with E-state index in [2.05, 4.69) is 21.3 Å². The number of rotatable bonds is 12. The van der Waals surface area contributed by atoms with Crippen LogP contribution in [0.2, 0.25) is 0 Å². The number of Topliss-reactive ketones (excluding diaryl/α,β-unsaturated/α-hetero) is 1. The SMILES string of the molecule is CCOC(=O)c1c(NC(=O)C(CC)Sc2cccc(NC(=S)Nc3ccc(C(C)=O)cc3)c2)sc(C(=O)Nc2ccccc2)c1C. The van der Waals surface area contributed by atoms with Crippen molar-refractivity contribution >= 4 is 86.1 Å². The highest BCUT2D eigenvalue weighted by Crippen LogP contribution is 2.36. The fraction of sp³-hybridized carbons (Fsp3) is 0.206. The molecule has 0 saturated heterocycles. The predicted molar refractivity (Wildman–Crippen MR) is 191 cm³/mol. The average Bonchev–Trinajstić information content (AvgIpc) is 3.36. The Labute approximate surface area is 281 Å². The largest absolute Gasteiger partial charge is 0.462 e. The number of hydrogen-bond donors (Lipinski definition) is 4. The molecule has 0 aliphatic heterocycles. The van der Waals surface area contributed by atoms with Crippen molar-refractivity contribution in [3.8, 4) is 0 Å². The van der Waals surface area contributed by atoms with Gasteiger partial charge in [-0.05, 0) is 99.6 Å². The summed E-state index contributed by atoms with van der Waals surface area (Å²) < 4.78 is 5.27. The molecule has 1 unspecified atom stereocenters. The van der Waals surface area contributed by atoms with Gasteiger partial charge in [-0.1, -0.05) is 31.2 Å². The summed E-state index contributed by atoms with van der Waals surface area (Å²) in [5.41, 5.74) is 3.30. The van der Waals surface area contributed by atoms with Gasteiger partial charge in [0.25, 0.3) is 5.91 Å². The summed E-state index contributed by atoms with van der Waals surface area (Å²) in [6, 6.07) is 23.5. The molecule has 0 radical (unpaired) electrons. The number of anilines is 4. The van der Waals surface area contributed by atoms with E-state index in [0.29, 0.717) is 33.2 Å². The number of esters is 1. The molecule has 0 spiro atoms. The molecule has 0 bridgehead atoms. The van der Waals surface area contributed by atoms with E-state index in [-0.39, 0.29) is 34.8 Å². The fourth-order valence-electron chi connectivity index (χ4n) is 4.38. The number of thiophene rings is 1. The van der Waals surface area contributed by atoms with Crippen LogP contribution in [-0.4, -0.2) is 40.5 Å². The minimum Gasteiger partial charge on any atom is -0.462 e. The summed E-state index contributed by atoms with van der Waals surface area (Å²) in [5, 5.41) is 12.1. The molecule has 0 fully saturated rings. The Kier molecular flexibility index (Phi) is 12.1. The molecule has 9 nitrogen and oxygen atoms in total. The van der Waals surface area contributed by atoms with Crippen molar-refractivity contribution in [2.24, 2.45) is 0 Å². The number of amides is 2. The molecule has 0 aliphatic carbocycles. The van der Waals surface area contributed by atoms with E-state index in [4.69, 9.17) is 17.0 Å². The lowest BCUT2D eigenvalue weighted by Gasteiger charge is -2.16. The van der Waals surface area contributed by atoms with E-state index < -0.39 is 11.2 Å². The number of hydrogen-bond acceptors (Lipinski definition) is 8. The first-order valence-corrected chi connectivity index (χ1v) is 16.6. The van der Waals surface area contributed by atoms with Crippen molar-refractivity contribution in [3.05, 3.63) is 100 Å². The summed E-state index contributed by atoms with van der Waals surface area (Å²) >= 11 is 7.88. The standard InChI is InChI=1S/C34H34N4O5S3/c1-5-27(45-26-14-10-13-25(19-26)37-34(44)36-24-17-15-22(16-18-24)21(4)39)30(40)38-32-28(33(42)43-6-2)20(3)29(46-32)31(41)35-23-11-8-7-9-12-23/h7-19,27H,5-6H2,1-4H3,(H,35,41)(H,38,40)(H2,36,37,44). The smallest absolute Gasteiger partial charge is 0.341 e. The van der Waals surface area contributed by atoms with E-state index in [1.807, 2.05) is 49.4 Å². The first-order valence-electron chi connectivity index (χ1n) is 14.5. The second-order valence-electron chi connectivity index (χ2n) is 10.0. The Morgan fingerprint density at radius 3 is 2.15 bits per heavy atom. The first-order chi connectivity index (χ1) is 22.1. The van der Waals surface area contributed by atoms with Gasteiger partial charge in [-0.3, -0.25) is 14.4 Å². The van der Waals surface area contributed by atoms with Crippen LogP contribution in [0, 0.1) is 6.92 Å². The van der Waals surface area contributed by atoms with Gasteiger partial charge in [0.2, 0.25) is 5.91 Å². The van der Waals surface area contributed by atoms with Gasteiger partial charge in [0.1, 0.15) is 5.00 Å². The molecule has 4 rings (SSSR count). The van der Waals surface area contributed by atoms with Crippen LogP contribution in [0.1, 0.15) is 63.1 Å². The number of benzene rings is 3. The number of ketones is 1. The molecule has 1 heterocycles.